The molecule has 1 aliphatic rings. The molecule has 0 spiro atoms. The molecule has 1 fully saturated rings. The van der Waals surface area contributed by atoms with E-state index >= 15 is 0 Å². The third-order valence-electron chi connectivity index (χ3n) is 3.28. The van der Waals surface area contributed by atoms with E-state index in [1.807, 2.05) is 0 Å². The Bertz CT molecular complexity index is 501. The van der Waals surface area contributed by atoms with Gasteiger partial charge in [0.2, 0.25) is 5.91 Å². The van der Waals surface area contributed by atoms with Crippen LogP contribution in [0.4, 0.5) is 5.69 Å². The summed E-state index contributed by atoms with van der Waals surface area (Å²) < 4.78 is 5.47. The van der Waals surface area contributed by atoms with Crippen LogP contribution in [0.1, 0.15) is 29.6 Å². The summed E-state index contributed by atoms with van der Waals surface area (Å²) in [6.45, 7) is 1.24. The molecule has 21 heavy (non-hydrogen) atoms. The highest BCUT2D eigenvalue weighted by atomic mass is 35.5. The normalized spacial score (nSPS) is 17.5. The highest BCUT2D eigenvalue weighted by molar-refractivity contribution is 6.19. The summed E-state index contributed by atoms with van der Waals surface area (Å²) in [4.78, 5) is 23.8. The van der Waals surface area contributed by atoms with Crippen molar-refractivity contribution in [1.29, 1.82) is 0 Å². The van der Waals surface area contributed by atoms with E-state index in [1.165, 1.54) is 0 Å². The summed E-state index contributed by atoms with van der Waals surface area (Å²) in [5, 5.41) is 5.55. The van der Waals surface area contributed by atoms with Gasteiger partial charge in [0, 0.05) is 25.5 Å². The molecule has 114 valence electrons. The first-order chi connectivity index (χ1) is 10.2. The van der Waals surface area contributed by atoms with Gasteiger partial charge in [-0.1, -0.05) is 12.1 Å². The van der Waals surface area contributed by atoms with Gasteiger partial charge in [-0.2, -0.15) is 0 Å². The number of carbonyl (C=O) groups is 2. The lowest BCUT2D eigenvalue weighted by atomic mass is 10.1. The molecule has 0 unspecified atom stereocenters. The number of benzene rings is 1. The zero-order valence-electron chi connectivity index (χ0n) is 11.7. The fraction of sp³-hybridized carbons (Fsp3) is 0.467. The maximum Gasteiger partial charge on any atom is 0.253 e. The largest absolute Gasteiger partial charge is 0.376 e. The summed E-state index contributed by atoms with van der Waals surface area (Å²) in [6, 6.07) is 6.92. The molecule has 0 aliphatic carbocycles. The molecule has 0 saturated carbocycles. The van der Waals surface area contributed by atoms with Crippen LogP contribution in [-0.4, -0.2) is 36.9 Å². The molecule has 2 rings (SSSR count). The van der Waals surface area contributed by atoms with Crippen LogP contribution in [0.2, 0.25) is 0 Å². The Labute approximate surface area is 129 Å². The molecule has 0 bridgehead atoms. The zero-order valence-corrected chi connectivity index (χ0v) is 12.5. The number of halogens is 1. The topological polar surface area (TPSA) is 67.4 Å². The molecule has 0 aromatic heterocycles. The molecule has 1 atom stereocenters. The van der Waals surface area contributed by atoms with Crippen LogP contribution in [0.25, 0.3) is 0 Å². The van der Waals surface area contributed by atoms with E-state index in [1.54, 1.807) is 24.3 Å². The molecule has 5 nitrogen and oxygen atoms in total. The number of hydrogen-bond donors (Lipinski definition) is 2. The van der Waals surface area contributed by atoms with Gasteiger partial charge in [0.15, 0.2) is 0 Å². The van der Waals surface area contributed by atoms with E-state index < -0.39 is 0 Å². The Morgan fingerprint density at radius 3 is 2.86 bits per heavy atom. The standard InChI is InChI=1S/C15H19ClN2O3/c16-8-7-14(19)18-13-6-2-1-5-12(13)15(20)17-10-11-4-3-9-21-11/h1-2,5-6,11H,3-4,7-10H2,(H,17,20)(H,18,19)/t11-/m0/s1. The maximum atomic E-state index is 12.2. The molecule has 1 aliphatic heterocycles. The SMILES string of the molecule is O=C(CCCl)Nc1ccccc1C(=O)NC[C@@H]1CCCO1. The molecule has 6 heteroatoms. The third-order valence-corrected chi connectivity index (χ3v) is 3.47. The van der Waals surface area contributed by atoms with Crippen LogP contribution in [0.3, 0.4) is 0 Å². The van der Waals surface area contributed by atoms with Crippen LogP contribution < -0.4 is 10.6 Å². The number of rotatable bonds is 6. The van der Waals surface area contributed by atoms with Crippen molar-refractivity contribution in [2.75, 3.05) is 24.3 Å². The minimum atomic E-state index is -0.215. The number of alkyl halides is 1. The Hall–Kier alpha value is -1.59. The Kier molecular flexibility index (Phi) is 6.02. The number of amides is 2. The van der Waals surface area contributed by atoms with Crippen molar-refractivity contribution >= 4 is 29.1 Å². The van der Waals surface area contributed by atoms with Crippen molar-refractivity contribution in [2.24, 2.45) is 0 Å². The second kappa shape index (κ2) is 8.00. The number of hydrogen-bond acceptors (Lipinski definition) is 3. The molecule has 1 heterocycles. The smallest absolute Gasteiger partial charge is 0.253 e. The van der Waals surface area contributed by atoms with Gasteiger partial charge in [-0.15, -0.1) is 11.6 Å². The van der Waals surface area contributed by atoms with Crippen molar-refractivity contribution in [1.82, 2.24) is 5.32 Å². The van der Waals surface area contributed by atoms with E-state index in [9.17, 15) is 9.59 Å². The second-order valence-electron chi connectivity index (χ2n) is 4.88. The van der Waals surface area contributed by atoms with Gasteiger partial charge < -0.3 is 15.4 Å². The second-order valence-corrected chi connectivity index (χ2v) is 5.26. The van der Waals surface area contributed by atoms with Crippen molar-refractivity contribution in [3.63, 3.8) is 0 Å². The maximum absolute atomic E-state index is 12.2. The monoisotopic (exact) mass is 310 g/mol. The number of carbonyl (C=O) groups excluding carboxylic acids is 2. The predicted molar refractivity (Wildman–Crippen MR) is 81.7 cm³/mol. The Balaban J connectivity index is 1.97. The van der Waals surface area contributed by atoms with Gasteiger partial charge in [0.25, 0.3) is 5.91 Å². The van der Waals surface area contributed by atoms with E-state index in [4.69, 9.17) is 16.3 Å². The van der Waals surface area contributed by atoms with E-state index in [0.29, 0.717) is 17.8 Å². The van der Waals surface area contributed by atoms with Crippen LogP contribution in [0.15, 0.2) is 24.3 Å². The van der Waals surface area contributed by atoms with Crippen molar-refractivity contribution in [2.45, 2.75) is 25.4 Å². The van der Waals surface area contributed by atoms with Crippen LogP contribution >= 0.6 is 11.6 Å². The molecule has 1 aromatic rings. The van der Waals surface area contributed by atoms with Crippen LogP contribution in [0.5, 0.6) is 0 Å². The van der Waals surface area contributed by atoms with E-state index in [0.717, 1.165) is 19.4 Å². The van der Waals surface area contributed by atoms with Gasteiger partial charge in [-0.25, -0.2) is 0 Å². The fourth-order valence-corrected chi connectivity index (χ4v) is 2.37. The molecule has 2 N–H and O–H groups in total. The van der Waals surface area contributed by atoms with Crippen molar-refractivity contribution in [3.8, 4) is 0 Å². The average molecular weight is 311 g/mol. The molecule has 1 aromatic carbocycles. The summed E-state index contributed by atoms with van der Waals surface area (Å²) in [5.41, 5.74) is 0.941. The van der Waals surface area contributed by atoms with Crippen LogP contribution in [-0.2, 0) is 9.53 Å². The van der Waals surface area contributed by atoms with Gasteiger partial charge in [0.1, 0.15) is 0 Å². The van der Waals surface area contributed by atoms with Gasteiger partial charge in [0.05, 0.1) is 17.4 Å². The minimum absolute atomic E-state index is 0.0898. The van der Waals surface area contributed by atoms with Gasteiger partial charge in [-0.05, 0) is 25.0 Å². The Morgan fingerprint density at radius 1 is 1.33 bits per heavy atom. The van der Waals surface area contributed by atoms with Gasteiger partial charge >= 0.3 is 0 Å². The third kappa shape index (κ3) is 4.72. The number of anilines is 1. The summed E-state index contributed by atoms with van der Waals surface area (Å²) in [5.74, 6) is -0.171. The first-order valence-electron chi connectivity index (χ1n) is 7.05. The molecule has 0 radical (unpaired) electrons. The first kappa shape index (κ1) is 15.8. The number of nitrogens with one attached hydrogen (secondary N) is 2. The lowest BCUT2D eigenvalue weighted by Crippen LogP contribution is -2.32. The first-order valence-corrected chi connectivity index (χ1v) is 7.59. The van der Waals surface area contributed by atoms with Crippen molar-refractivity contribution < 1.29 is 14.3 Å². The Morgan fingerprint density at radius 2 is 2.14 bits per heavy atom. The fourth-order valence-electron chi connectivity index (χ4n) is 2.20. The van der Waals surface area contributed by atoms with E-state index in [2.05, 4.69) is 10.6 Å². The van der Waals surface area contributed by atoms with Gasteiger partial charge in [-0.3, -0.25) is 9.59 Å². The number of ether oxygens (including phenoxy) is 1. The lowest BCUT2D eigenvalue weighted by molar-refractivity contribution is -0.115. The molecular weight excluding hydrogens is 292 g/mol. The zero-order chi connectivity index (χ0) is 15.1. The average Bonchev–Trinajstić information content (AvgIpc) is 2.99. The predicted octanol–water partition coefficient (Wildman–Crippen LogP) is 2.16. The van der Waals surface area contributed by atoms with Crippen molar-refractivity contribution in [3.05, 3.63) is 29.8 Å². The minimum Gasteiger partial charge on any atom is -0.376 e. The highest BCUT2D eigenvalue weighted by Crippen LogP contribution is 2.16. The molecule has 2 amide bonds. The van der Waals surface area contributed by atoms with E-state index in [-0.39, 0.29) is 30.2 Å². The summed E-state index contributed by atoms with van der Waals surface area (Å²) >= 11 is 5.53. The number of para-hydroxylation sites is 1. The molecule has 1 saturated heterocycles. The summed E-state index contributed by atoms with van der Waals surface area (Å²) in [7, 11) is 0. The quantitative estimate of drug-likeness (QED) is 0.791. The molecular formula is C15H19ClN2O3. The summed E-state index contributed by atoms with van der Waals surface area (Å²) in [6.07, 6.45) is 2.31. The van der Waals surface area contributed by atoms with Crippen LogP contribution in [0, 0.1) is 0 Å². The highest BCUT2D eigenvalue weighted by Gasteiger charge is 2.18. The lowest BCUT2D eigenvalue weighted by Gasteiger charge is -2.13.